The van der Waals surface area contributed by atoms with Gasteiger partial charge in [0.2, 0.25) is 0 Å². The van der Waals surface area contributed by atoms with E-state index < -0.39 is 0 Å². The minimum absolute atomic E-state index is 0.0691. The Hall–Kier alpha value is -2.13. The van der Waals surface area contributed by atoms with Gasteiger partial charge in [-0.05, 0) is 59.7 Å². The maximum Gasteiger partial charge on any atom is 0.173 e. The summed E-state index contributed by atoms with van der Waals surface area (Å²) < 4.78 is 1.76. The molecule has 0 N–H and O–H groups in total. The number of nitriles is 1. The lowest BCUT2D eigenvalue weighted by Gasteiger charge is -2.39. The van der Waals surface area contributed by atoms with E-state index >= 15 is 0 Å². The van der Waals surface area contributed by atoms with Crippen LogP contribution < -0.4 is 4.90 Å². The summed E-state index contributed by atoms with van der Waals surface area (Å²) in [6.45, 7) is 5.38. The molecule has 138 valence electrons. The number of hydrogen-bond acceptors (Lipinski definition) is 5. The standard InChI is InChI=1S/C19H25ClN6/c1-13(2)9-18(19-22-23-24-25(19)3)26(12-14-5-4-6-14)16-8-7-15(11-21)17(20)10-16/h7-8,10,13-14,18H,4-6,9,12H2,1-3H3/t18-/m0/s1. The van der Waals surface area contributed by atoms with Crippen molar-refractivity contribution in [2.24, 2.45) is 18.9 Å². The predicted octanol–water partition coefficient (Wildman–Crippen LogP) is 4.13. The van der Waals surface area contributed by atoms with Crippen LogP contribution in [0.15, 0.2) is 18.2 Å². The molecule has 0 amide bonds. The Balaban J connectivity index is 2.01. The van der Waals surface area contributed by atoms with Crippen molar-refractivity contribution in [1.82, 2.24) is 20.2 Å². The highest BCUT2D eigenvalue weighted by atomic mass is 35.5. The SMILES string of the molecule is CC(C)C[C@@H](c1nnnn1C)N(CC1CCC1)c1ccc(C#N)c(Cl)c1. The second-order valence-electron chi connectivity index (χ2n) is 7.53. The largest absolute Gasteiger partial charge is 0.361 e. The molecule has 1 aromatic heterocycles. The zero-order chi connectivity index (χ0) is 18.7. The highest BCUT2D eigenvalue weighted by molar-refractivity contribution is 6.32. The van der Waals surface area contributed by atoms with Crippen LogP contribution in [0.25, 0.3) is 0 Å². The third-order valence-corrected chi connectivity index (χ3v) is 5.42. The minimum Gasteiger partial charge on any atom is -0.361 e. The Bertz CT molecular complexity index is 790. The second kappa shape index (κ2) is 8.05. The molecule has 6 nitrogen and oxygen atoms in total. The third kappa shape index (κ3) is 3.99. The third-order valence-electron chi connectivity index (χ3n) is 5.11. The predicted molar refractivity (Wildman–Crippen MR) is 102 cm³/mol. The molecule has 1 fully saturated rings. The van der Waals surface area contributed by atoms with Crippen molar-refractivity contribution in [3.05, 3.63) is 34.6 Å². The van der Waals surface area contributed by atoms with Crippen molar-refractivity contribution in [3.8, 4) is 6.07 Å². The molecular formula is C19H25ClN6. The first-order valence-corrected chi connectivity index (χ1v) is 9.56. The molecule has 1 aromatic carbocycles. The van der Waals surface area contributed by atoms with Crippen LogP contribution >= 0.6 is 11.6 Å². The van der Waals surface area contributed by atoms with Crippen molar-refractivity contribution in [3.63, 3.8) is 0 Å². The fourth-order valence-electron chi connectivity index (χ4n) is 3.48. The zero-order valence-corrected chi connectivity index (χ0v) is 16.3. The van der Waals surface area contributed by atoms with Crippen molar-refractivity contribution in [1.29, 1.82) is 5.26 Å². The van der Waals surface area contributed by atoms with E-state index in [0.29, 0.717) is 22.4 Å². The number of rotatable bonds is 7. The molecule has 0 spiro atoms. The highest BCUT2D eigenvalue weighted by Crippen LogP contribution is 2.37. The molecule has 0 unspecified atom stereocenters. The topological polar surface area (TPSA) is 70.6 Å². The summed E-state index contributed by atoms with van der Waals surface area (Å²) in [5.41, 5.74) is 1.52. The minimum atomic E-state index is 0.0691. The van der Waals surface area contributed by atoms with Gasteiger partial charge in [-0.3, -0.25) is 0 Å². The Kier molecular flexibility index (Phi) is 5.77. The number of nitrogens with zero attached hydrogens (tertiary/aromatic N) is 6. The Morgan fingerprint density at radius 1 is 1.38 bits per heavy atom. The summed E-state index contributed by atoms with van der Waals surface area (Å²) in [7, 11) is 1.88. The lowest BCUT2D eigenvalue weighted by Crippen LogP contribution is -2.37. The number of hydrogen-bond donors (Lipinski definition) is 0. The average Bonchev–Trinajstić information content (AvgIpc) is 2.98. The smallest absolute Gasteiger partial charge is 0.173 e. The van der Waals surface area contributed by atoms with Gasteiger partial charge in [-0.2, -0.15) is 5.26 Å². The maximum absolute atomic E-state index is 9.18. The molecule has 1 heterocycles. The van der Waals surface area contributed by atoms with Crippen molar-refractivity contribution in [2.75, 3.05) is 11.4 Å². The van der Waals surface area contributed by atoms with Crippen LogP contribution in [0, 0.1) is 23.2 Å². The summed E-state index contributed by atoms with van der Waals surface area (Å²) in [4.78, 5) is 2.38. The van der Waals surface area contributed by atoms with E-state index in [1.807, 2.05) is 19.2 Å². The van der Waals surface area contributed by atoms with E-state index in [1.54, 1.807) is 10.7 Å². The van der Waals surface area contributed by atoms with Crippen molar-refractivity contribution >= 4 is 17.3 Å². The number of halogens is 1. The van der Waals surface area contributed by atoms with Gasteiger partial charge in [0.25, 0.3) is 0 Å². The van der Waals surface area contributed by atoms with Crippen LogP contribution in [-0.4, -0.2) is 26.8 Å². The molecule has 2 aromatic rings. The van der Waals surface area contributed by atoms with E-state index in [-0.39, 0.29) is 6.04 Å². The first-order valence-electron chi connectivity index (χ1n) is 9.18. The van der Waals surface area contributed by atoms with E-state index in [0.717, 1.165) is 24.5 Å². The molecule has 7 heteroatoms. The number of aryl methyl sites for hydroxylation is 1. The lowest BCUT2D eigenvalue weighted by molar-refractivity contribution is 0.301. The van der Waals surface area contributed by atoms with Gasteiger partial charge < -0.3 is 4.90 Å². The molecule has 1 saturated carbocycles. The highest BCUT2D eigenvalue weighted by Gasteiger charge is 2.30. The van der Waals surface area contributed by atoms with Gasteiger partial charge >= 0.3 is 0 Å². The Morgan fingerprint density at radius 2 is 2.15 bits per heavy atom. The number of tetrazole rings is 1. The van der Waals surface area contributed by atoms with Crippen molar-refractivity contribution < 1.29 is 0 Å². The first-order chi connectivity index (χ1) is 12.5. The zero-order valence-electron chi connectivity index (χ0n) is 15.6. The summed E-state index contributed by atoms with van der Waals surface area (Å²) in [5.74, 6) is 2.04. The molecule has 26 heavy (non-hydrogen) atoms. The van der Waals surface area contributed by atoms with E-state index in [9.17, 15) is 5.26 Å². The summed E-state index contributed by atoms with van der Waals surface area (Å²) in [6.07, 6.45) is 4.75. The van der Waals surface area contributed by atoms with Gasteiger partial charge in [-0.1, -0.05) is 31.9 Å². The molecule has 1 aliphatic rings. The molecule has 0 bridgehead atoms. The monoisotopic (exact) mass is 372 g/mol. The average molecular weight is 373 g/mol. The number of anilines is 1. The molecule has 0 aliphatic heterocycles. The lowest BCUT2D eigenvalue weighted by atomic mass is 9.84. The fourth-order valence-corrected chi connectivity index (χ4v) is 3.69. The van der Waals surface area contributed by atoms with Crippen LogP contribution in [0.3, 0.4) is 0 Å². The summed E-state index contributed by atoms with van der Waals surface area (Å²) in [6, 6.07) is 7.89. The van der Waals surface area contributed by atoms with Crippen molar-refractivity contribution in [2.45, 2.75) is 45.6 Å². The second-order valence-corrected chi connectivity index (χ2v) is 7.94. The first kappa shape index (κ1) is 18.7. The van der Waals surface area contributed by atoms with Gasteiger partial charge in [0, 0.05) is 19.3 Å². The molecule has 0 radical (unpaired) electrons. The molecule has 1 aliphatic carbocycles. The van der Waals surface area contributed by atoms with E-state index in [4.69, 9.17) is 11.6 Å². The van der Waals surface area contributed by atoms with Gasteiger partial charge in [-0.25, -0.2) is 4.68 Å². The molecule has 3 rings (SSSR count). The fraction of sp³-hybridized carbons (Fsp3) is 0.579. The van der Waals surface area contributed by atoms with Gasteiger partial charge in [-0.15, -0.1) is 5.10 Å². The molecule has 0 saturated heterocycles. The van der Waals surface area contributed by atoms with Gasteiger partial charge in [0.15, 0.2) is 5.82 Å². The Morgan fingerprint density at radius 3 is 2.65 bits per heavy atom. The van der Waals surface area contributed by atoms with Crippen LogP contribution in [0.5, 0.6) is 0 Å². The van der Waals surface area contributed by atoms with Crippen LogP contribution in [0.4, 0.5) is 5.69 Å². The summed E-state index contributed by atoms with van der Waals surface area (Å²) in [5, 5.41) is 21.9. The van der Waals surface area contributed by atoms with Gasteiger partial charge in [0.05, 0.1) is 16.6 Å². The quantitative estimate of drug-likeness (QED) is 0.730. The summed E-state index contributed by atoms with van der Waals surface area (Å²) >= 11 is 6.33. The van der Waals surface area contributed by atoms with E-state index in [2.05, 4.69) is 40.3 Å². The van der Waals surface area contributed by atoms with E-state index in [1.165, 1.54) is 19.3 Å². The molecular weight excluding hydrogens is 348 g/mol. The Labute approximate surface area is 159 Å². The van der Waals surface area contributed by atoms with Gasteiger partial charge in [0.1, 0.15) is 6.07 Å². The number of aromatic nitrogens is 4. The molecule has 1 atom stereocenters. The normalized spacial score (nSPS) is 15.5. The van der Waals surface area contributed by atoms with Crippen LogP contribution in [0.1, 0.15) is 57.0 Å². The van der Waals surface area contributed by atoms with Crippen LogP contribution in [-0.2, 0) is 7.05 Å². The van der Waals surface area contributed by atoms with Crippen LogP contribution in [0.2, 0.25) is 5.02 Å². The number of benzene rings is 1. The maximum atomic E-state index is 9.18.